The van der Waals surface area contributed by atoms with Crippen LogP contribution in [0, 0.1) is 0 Å². The zero-order valence-corrected chi connectivity index (χ0v) is 14.1. The van der Waals surface area contributed by atoms with Crippen molar-refractivity contribution in [1.82, 2.24) is 20.6 Å². The van der Waals surface area contributed by atoms with Crippen LogP contribution in [0.15, 0.2) is 54.9 Å². The minimum atomic E-state index is 0.242. The summed E-state index contributed by atoms with van der Waals surface area (Å²) in [5, 5.41) is 9.17. The predicted molar refractivity (Wildman–Crippen MR) is 99.3 cm³/mol. The molecule has 2 aromatic carbocycles. The second kappa shape index (κ2) is 7.70. The van der Waals surface area contributed by atoms with Gasteiger partial charge in [-0.3, -0.25) is 0 Å². The van der Waals surface area contributed by atoms with Crippen LogP contribution in [0.25, 0.3) is 22.2 Å². The van der Waals surface area contributed by atoms with Crippen LogP contribution in [0.5, 0.6) is 0 Å². The molecule has 1 aromatic heterocycles. The Bertz CT molecular complexity index is 828. The van der Waals surface area contributed by atoms with Gasteiger partial charge in [0.15, 0.2) is 5.82 Å². The molecule has 3 aromatic rings. The van der Waals surface area contributed by atoms with Crippen LogP contribution in [0.2, 0.25) is 0 Å². The predicted octanol–water partition coefficient (Wildman–Crippen LogP) is 2.37. The van der Waals surface area contributed by atoms with Crippen molar-refractivity contribution in [3.05, 3.63) is 60.4 Å². The lowest BCUT2D eigenvalue weighted by atomic mass is 10.1. The minimum absolute atomic E-state index is 0.242. The van der Waals surface area contributed by atoms with Crippen LogP contribution < -0.4 is 10.6 Å². The van der Waals surface area contributed by atoms with Gasteiger partial charge in [-0.2, -0.15) is 0 Å². The molecule has 0 radical (unpaired) electrons. The number of nitrogens with one attached hydrogen (secondary N) is 2. The highest BCUT2D eigenvalue weighted by Crippen LogP contribution is 2.21. The highest BCUT2D eigenvalue weighted by atomic mass is 16.5. The van der Waals surface area contributed by atoms with Gasteiger partial charge in [0.2, 0.25) is 0 Å². The van der Waals surface area contributed by atoms with Gasteiger partial charge >= 0.3 is 0 Å². The van der Waals surface area contributed by atoms with E-state index < -0.39 is 0 Å². The Morgan fingerprint density at radius 1 is 1.08 bits per heavy atom. The Morgan fingerprint density at radius 2 is 1.92 bits per heavy atom. The number of hydrogen-bond acceptors (Lipinski definition) is 5. The van der Waals surface area contributed by atoms with E-state index in [4.69, 9.17) is 4.74 Å². The summed E-state index contributed by atoms with van der Waals surface area (Å²) in [5.41, 5.74) is 2.12. The van der Waals surface area contributed by atoms with Crippen LogP contribution in [0.1, 0.15) is 5.56 Å². The van der Waals surface area contributed by atoms with Gasteiger partial charge in [0.25, 0.3) is 0 Å². The first-order valence-electron chi connectivity index (χ1n) is 8.71. The van der Waals surface area contributed by atoms with Crippen LogP contribution >= 0.6 is 0 Å². The van der Waals surface area contributed by atoms with Crippen molar-refractivity contribution in [1.29, 1.82) is 0 Å². The highest BCUT2D eigenvalue weighted by molar-refractivity contribution is 5.86. The summed E-state index contributed by atoms with van der Waals surface area (Å²) in [5.74, 6) is 0.759. The average Bonchev–Trinajstić information content (AvgIpc) is 2.69. The largest absolute Gasteiger partial charge is 0.374 e. The summed E-state index contributed by atoms with van der Waals surface area (Å²) >= 11 is 0. The monoisotopic (exact) mass is 334 g/mol. The van der Waals surface area contributed by atoms with Crippen molar-refractivity contribution in [2.75, 3.05) is 26.2 Å². The molecule has 2 heterocycles. The zero-order chi connectivity index (χ0) is 16.9. The molecule has 4 rings (SSSR count). The first-order chi connectivity index (χ1) is 12.4. The maximum atomic E-state index is 5.67. The third-order valence-corrected chi connectivity index (χ3v) is 4.42. The first-order valence-corrected chi connectivity index (χ1v) is 8.71. The molecule has 0 spiro atoms. The Kier molecular flexibility index (Phi) is 4.97. The molecule has 0 amide bonds. The Hall–Kier alpha value is -2.34. The molecule has 25 heavy (non-hydrogen) atoms. The molecule has 0 bridgehead atoms. The van der Waals surface area contributed by atoms with Gasteiger partial charge in [0.05, 0.1) is 12.7 Å². The molecule has 1 aliphatic rings. The molecule has 2 N–H and O–H groups in total. The number of fused-ring (bicyclic) bond motifs is 1. The molecule has 128 valence electrons. The van der Waals surface area contributed by atoms with E-state index in [1.807, 2.05) is 18.5 Å². The smallest absolute Gasteiger partial charge is 0.159 e. The lowest BCUT2D eigenvalue weighted by molar-refractivity contribution is 0.0290. The lowest BCUT2D eigenvalue weighted by Gasteiger charge is -2.23. The second-order valence-corrected chi connectivity index (χ2v) is 6.30. The number of rotatable bonds is 5. The second-order valence-electron chi connectivity index (χ2n) is 6.30. The van der Waals surface area contributed by atoms with E-state index in [0.29, 0.717) is 0 Å². The van der Waals surface area contributed by atoms with Crippen LogP contribution in [0.4, 0.5) is 0 Å². The normalized spacial score (nSPS) is 17.7. The third-order valence-electron chi connectivity index (χ3n) is 4.42. The number of morpholine rings is 1. The van der Waals surface area contributed by atoms with Crippen LogP contribution in [0.3, 0.4) is 0 Å². The average molecular weight is 334 g/mol. The SMILES string of the molecule is c1ccc2cc(-c3ncc(CNC[C@@H]4CNCCO4)cn3)ccc2c1. The lowest BCUT2D eigenvalue weighted by Crippen LogP contribution is -2.43. The topological polar surface area (TPSA) is 59.1 Å². The van der Waals surface area contributed by atoms with E-state index in [0.717, 1.165) is 49.7 Å². The molecule has 5 nitrogen and oxygen atoms in total. The maximum absolute atomic E-state index is 5.67. The molecule has 5 heteroatoms. The molecule has 0 aliphatic carbocycles. The summed E-state index contributed by atoms with van der Waals surface area (Å²) in [4.78, 5) is 9.05. The Balaban J connectivity index is 1.38. The number of benzene rings is 2. The molecule has 0 saturated carbocycles. The number of ether oxygens (including phenoxy) is 1. The van der Waals surface area contributed by atoms with Gasteiger partial charge in [-0.05, 0) is 16.8 Å². The fourth-order valence-electron chi connectivity index (χ4n) is 3.05. The number of hydrogen-bond donors (Lipinski definition) is 2. The fraction of sp³-hybridized carbons (Fsp3) is 0.300. The molecular weight excluding hydrogens is 312 g/mol. The summed E-state index contributed by atoms with van der Waals surface area (Å²) in [6.07, 6.45) is 4.03. The summed E-state index contributed by atoms with van der Waals surface area (Å²) in [7, 11) is 0. The van der Waals surface area contributed by atoms with Crippen molar-refractivity contribution in [2.45, 2.75) is 12.6 Å². The number of aromatic nitrogens is 2. The van der Waals surface area contributed by atoms with Gasteiger partial charge in [-0.15, -0.1) is 0 Å². The van der Waals surface area contributed by atoms with Gasteiger partial charge in [-0.1, -0.05) is 36.4 Å². The molecule has 1 aliphatic heterocycles. The molecule has 1 saturated heterocycles. The van der Waals surface area contributed by atoms with Crippen molar-refractivity contribution in [3.63, 3.8) is 0 Å². The van der Waals surface area contributed by atoms with Crippen molar-refractivity contribution < 1.29 is 4.74 Å². The summed E-state index contributed by atoms with van der Waals surface area (Å²) < 4.78 is 5.67. The minimum Gasteiger partial charge on any atom is -0.374 e. The third kappa shape index (κ3) is 4.02. The van der Waals surface area contributed by atoms with Crippen LogP contribution in [-0.2, 0) is 11.3 Å². The van der Waals surface area contributed by atoms with E-state index >= 15 is 0 Å². The molecule has 1 atom stereocenters. The van der Waals surface area contributed by atoms with E-state index in [-0.39, 0.29) is 6.10 Å². The van der Waals surface area contributed by atoms with Gasteiger partial charge in [0.1, 0.15) is 0 Å². The fourth-order valence-corrected chi connectivity index (χ4v) is 3.05. The van der Waals surface area contributed by atoms with E-state index in [1.54, 1.807) is 0 Å². The van der Waals surface area contributed by atoms with Gasteiger partial charge in [-0.25, -0.2) is 9.97 Å². The standard InChI is InChI=1S/C20H22N4O/c1-2-4-17-9-18(6-5-16(17)3-1)20-23-11-15(12-24-20)10-22-14-19-13-21-7-8-25-19/h1-6,9,11-12,19,21-22H,7-8,10,13-14H2/t19-/m0/s1. The molecule has 0 unspecified atom stereocenters. The van der Waals surface area contributed by atoms with Gasteiger partial charge < -0.3 is 15.4 Å². The molecular formula is C20H22N4O. The first kappa shape index (κ1) is 16.1. The Morgan fingerprint density at radius 3 is 2.72 bits per heavy atom. The summed E-state index contributed by atoms with van der Waals surface area (Å²) in [6.45, 7) is 4.22. The Labute approximate surface area is 147 Å². The highest BCUT2D eigenvalue weighted by Gasteiger charge is 2.12. The van der Waals surface area contributed by atoms with Gasteiger partial charge in [0, 0.05) is 49.7 Å². The zero-order valence-electron chi connectivity index (χ0n) is 14.1. The number of nitrogens with zero attached hydrogens (tertiary/aromatic N) is 2. The van der Waals surface area contributed by atoms with E-state index in [1.165, 1.54) is 10.8 Å². The van der Waals surface area contributed by atoms with Crippen molar-refractivity contribution >= 4 is 10.8 Å². The van der Waals surface area contributed by atoms with E-state index in [2.05, 4.69) is 57.0 Å². The quantitative estimate of drug-likeness (QED) is 0.750. The maximum Gasteiger partial charge on any atom is 0.159 e. The molecule has 1 fully saturated rings. The van der Waals surface area contributed by atoms with E-state index in [9.17, 15) is 0 Å². The van der Waals surface area contributed by atoms with Crippen molar-refractivity contribution in [2.24, 2.45) is 0 Å². The van der Waals surface area contributed by atoms with Crippen molar-refractivity contribution in [3.8, 4) is 11.4 Å². The van der Waals surface area contributed by atoms with Crippen LogP contribution in [-0.4, -0.2) is 42.3 Å². The summed E-state index contributed by atoms with van der Waals surface area (Å²) in [6, 6.07) is 14.6.